The Balaban J connectivity index is 2.78. The molecule has 0 bridgehead atoms. The molecule has 1 N–H and O–H groups in total. The fraction of sp³-hybridized carbons (Fsp3) is 0.462. The first-order chi connectivity index (χ1) is 7.17. The molecule has 1 atom stereocenters. The molecule has 1 aromatic rings. The molecule has 0 saturated heterocycles. The molecule has 0 aromatic heterocycles. The number of nitrogens with one attached hydrogen (secondary N) is 1. The van der Waals surface area contributed by atoms with E-state index in [0.29, 0.717) is 12.3 Å². The minimum Gasteiger partial charge on any atom is -0.359 e. The summed E-state index contributed by atoms with van der Waals surface area (Å²) in [5.74, 6) is 0.452. The van der Waals surface area contributed by atoms with Crippen LogP contribution >= 0.6 is 0 Å². The minimum atomic E-state index is 0.114. The Morgan fingerprint density at radius 1 is 1.47 bits per heavy atom. The number of hydrogen-bond donors (Lipinski definition) is 1. The third-order valence-corrected chi connectivity index (χ3v) is 2.72. The number of amides is 1. The van der Waals surface area contributed by atoms with Gasteiger partial charge >= 0.3 is 0 Å². The smallest absolute Gasteiger partial charge is 0.220 e. The molecule has 2 heteroatoms. The summed E-state index contributed by atoms with van der Waals surface area (Å²) in [5.41, 5.74) is 2.52. The number of benzene rings is 1. The summed E-state index contributed by atoms with van der Waals surface area (Å²) in [6.45, 7) is 4.20. The predicted molar refractivity (Wildman–Crippen MR) is 62.9 cm³/mol. The lowest BCUT2D eigenvalue weighted by molar-refractivity contribution is -0.121. The van der Waals surface area contributed by atoms with Gasteiger partial charge in [-0.15, -0.1) is 0 Å². The van der Waals surface area contributed by atoms with Crippen LogP contribution in [0.3, 0.4) is 0 Å². The van der Waals surface area contributed by atoms with Crippen molar-refractivity contribution in [3.63, 3.8) is 0 Å². The Kier molecular flexibility index (Phi) is 4.35. The highest BCUT2D eigenvalue weighted by atomic mass is 16.1. The maximum atomic E-state index is 11.3. The van der Waals surface area contributed by atoms with Crippen molar-refractivity contribution in [3.8, 4) is 0 Å². The largest absolute Gasteiger partial charge is 0.359 e. The van der Waals surface area contributed by atoms with Crippen LogP contribution in [0.2, 0.25) is 0 Å². The Labute approximate surface area is 91.7 Å². The zero-order valence-corrected chi connectivity index (χ0v) is 9.71. The summed E-state index contributed by atoms with van der Waals surface area (Å²) in [7, 11) is 1.69. The second-order valence-corrected chi connectivity index (χ2v) is 3.90. The number of carbonyl (C=O) groups is 1. The molecule has 82 valence electrons. The van der Waals surface area contributed by atoms with Gasteiger partial charge < -0.3 is 5.32 Å². The fourth-order valence-electron chi connectivity index (χ4n) is 1.75. The average Bonchev–Trinajstić information content (AvgIpc) is 2.25. The summed E-state index contributed by atoms with van der Waals surface area (Å²) in [6.07, 6.45) is 1.58. The molecule has 0 heterocycles. The Morgan fingerprint density at radius 3 is 2.73 bits per heavy atom. The van der Waals surface area contributed by atoms with Gasteiger partial charge in [0.2, 0.25) is 5.91 Å². The van der Waals surface area contributed by atoms with E-state index in [4.69, 9.17) is 0 Å². The van der Waals surface area contributed by atoms with Crippen molar-refractivity contribution < 1.29 is 4.79 Å². The average molecular weight is 205 g/mol. The molecule has 0 fully saturated rings. The maximum Gasteiger partial charge on any atom is 0.220 e. The number of carbonyl (C=O) groups excluding carboxylic acids is 1. The van der Waals surface area contributed by atoms with E-state index in [1.807, 2.05) is 0 Å². The van der Waals surface area contributed by atoms with Crippen LogP contribution in [-0.2, 0) is 4.79 Å². The molecule has 1 amide bonds. The van der Waals surface area contributed by atoms with Gasteiger partial charge in [0, 0.05) is 13.5 Å². The third kappa shape index (κ3) is 3.39. The van der Waals surface area contributed by atoms with E-state index in [2.05, 4.69) is 43.4 Å². The standard InChI is InChI=1S/C13H19NO/c1-4-11(9-13(15)14-3)12-7-5-6-10(2)8-12/h5-8,11H,4,9H2,1-3H3,(H,14,15). The summed E-state index contributed by atoms with van der Waals surface area (Å²) in [4.78, 5) is 11.3. The van der Waals surface area contributed by atoms with E-state index >= 15 is 0 Å². The van der Waals surface area contributed by atoms with Crippen LogP contribution in [0.4, 0.5) is 0 Å². The first-order valence-electron chi connectivity index (χ1n) is 5.44. The van der Waals surface area contributed by atoms with Gasteiger partial charge in [-0.05, 0) is 24.8 Å². The van der Waals surface area contributed by atoms with E-state index < -0.39 is 0 Å². The summed E-state index contributed by atoms with van der Waals surface area (Å²) < 4.78 is 0. The Hall–Kier alpha value is -1.31. The quantitative estimate of drug-likeness (QED) is 0.804. The second kappa shape index (κ2) is 5.54. The predicted octanol–water partition coefficient (Wildman–Crippen LogP) is 2.62. The van der Waals surface area contributed by atoms with Crippen LogP contribution in [0, 0.1) is 6.92 Å². The molecule has 0 saturated carbocycles. The van der Waals surface area contributed by atoms with Crippen molar-refractivity contribution in [3.05, 3.63) is 35.4 Å². The van der Waals surface area contributed by atoms with Crippen molar-refractivity contribution in [2.45, 2.75) is 32.6 Å². The number of rotatable bonds is 4. The van der Waals surface area contributed by atoms with Crippen LogP contribution < -0.4 is 5.32 Å². The topological polar surface area (TPSA) is 29.1 Å². The lowest BCUT2D eigenvalue weighted by Crippen LogP contribution is -2.20. The van der Waals surface area contributed by atoms with Gasteiger partial charge in [0.05, 0.1) is 0 Å². The molecule has 1 unspecified atom stereocenters. The highest BCUT2D eigenvalue weighted by molar-refractivity contribution is 5.76. The fourth-order valence-corrected chi connectivity index (χ4v) is 1.75. The van der Waals surface area contributed by atoms with E-state index in [1.54, 1.807) is 7.05 Å². The first-order valence-corrected chi connectivity index (χ1v) is 5.44. The normalized spacial score (nSPS) is 12.2. The first kappa shape index (κ1) is 11.8. The zero-order valence-electron chi connectivity index (χ0n) is 9.71. The lowest BCUT2D eigenvalue weighted by Gasteiger charge is -2.14. The molecular weight excluding hydrogens is 186 g/mol. The van der Waals surface area contributed by atoms with Gasteiger partial charge in [-0.2, -0.15) is 0 Å². The lowest BCUT2D eigenvalue weighted by atomic mass is 9.92. The highest BCUT2D eigenvalue weighted by Crippen LogP contribution is 2.23. The summed E-state index contributed by atoms with van der Waals surface area (Å²) in [6, 6.07) is 8.40. The highest BCUT2D eigenvalue weighted by Gasteiger charge is 2.13. The van der Waals surface area contributed by atoms with Crippen molar-refractivity contribution in [1.29, 1.82) is 0 Å². The molecule has 1 rings (SSSR count). The van der Waals surface area contributed by atoms with E-state index in [0.717, 1.165) is 6.42 Å². The number of aryl methyl sites for hydroxylation is 1. The summed E-state index contributed by atoms with van der Waals surface area (Å²) in [5, 5.41) is 2.68. The van der Waals surface area contributed by atoms with Gasteiger partial charge in [-0.25, -0.2) is 0 Å². The molecule has 0 spiro atoms. The van der Waals surface area contributed by atoms with Gasteiger partial charge in [-0.3, -0.25) is 4.79 Å². The van der Waals surface area contributed by atoms with E-state index in [-0.39, 0.29) is 5.91 Å². The molecule has 0 aliphatic carbocycles. The molecule has 0 radical (unpaired) electrons. The summed E-state index contributed by atoms with van der Waals surface area (Å²) >= 11 is 0. The van der Waals surface area contributed by atoms with Crippen molar-refractivity contribution in [2.24, 2.45) is 0 Å². The van der Waals surface area contributed by atoms with E-state index in [9.17, 15) is 4.79 Å². The molecule has 15 heavy (non-hydrogen) atoms. The minimum absolute atomic E-state index is 0.114. The molecule has 0 aliphatic rings. The van der Waals surface area contributed by atoms with Crippen molar-refractivity contribution >= 4 is 5.91 Å². The molecule has 1 aromatic carbocycles. The van der Waals surface area contributed by atoms with Crippen LogP contribution in [0.25, 0.3) is 0 Å². The SMILES string of the molecule is CCC(CC(=O)NC)c1cccc(C)c1. The van der Waals surface area contributed by atoms with Gasteiger partial charge in [0.15, 0.2) is 0 Å². The van der Waals surface area contributed by atoms with Crippen molar-refractivity contribution in [2.75, 3.05) is 7.05 Å². The van der Waals surface area contributed by atoms with Gasteiger partial charge in [0.25, 0.3) is 0 Å². The van der Waals surface area contributed by atoms with Crippen molar-refractivity contribution in [1.82, 2.24) is 5.32 Å². The monoisotopic (exact) mass is 205 g/mol. The molecular formula is C13H19NO. The van der Waals surface area contributed by atoms with Crippen LogP contribution in [0.5, 0.6) is 0 Å². The zero-order chi connectivity index (χ0) is 11.3. The molecule has 2 nitrogen and oxygen atoms in total. The van der Waals surface area contributed by atoms with Gasteiger partial charge in [-0.1, -0.05) is 36.8 Å². The Bertz CT molecular complexity index is 333. The van der Waals surface area contributed by atoms with Gasteiger partial charge in [0.1, 0.15) is 0 Å². The maximum absolute atomic E-state index is 11.3. The second-order valence-electron chi connectivity index (χ2n) is 3.90. The van der Waals surface area contributed by atoms with Crippen LogP contribution in [0.15, 0.2) is 24.3 Å². The third-order valence-electron chi connectivity index (χ3n) is 2.72. The van der Waals surface area contributed by atoms with E-state index in [1.165, 1.54) is 11.1 Å². The van der Waals surface area contributed by atoms with Crippen LogP contribution in [0.1, 0.15) is 36.8 Å². The molecule has 0 aliphatic heterocycles. The van der Waals surface area contributed by atoms with Crippen LogP contribution in [-0.4, -0.2) is 13.0 Å². The Morgan fingerprint density at radius 2 is 2.20 bits per heavy atom. The number of hydrogen-bond acceptors (Lipinski definition) is 1.